The molecule has 0 fully saturated rings. The van der Waals surface area contributed by atoms with Gasteiger partial charge in [0, 0.05) is 37.7 Å². The highest BCUT2D eigenvalue weighted by Crippen LogP contribution is 2.41. The number of nitrogens with zero attached hydrogens (tertiary/aromatic N) is 2. The summed E-state index contributed by atoms with van der Waals surface area (Å²) in [6.45, 7) is 4.00. The largest absolute Gasteiger partial charge is 0.310 e. The first-order chi connectivity index (χ1) is 24.2. The van der Waals surface area contributed by atoms with Crippen LogP contribution in [-0.4, -0.2) is 4.57 Å². The van der Waals surface area contributed by atoms with Crippen LogP contribution in [0, 0.1) is 0 Å². The normalized spacial score (nSPS) is 11.2. The number of rotatable bonds is 5. The summed E-state index contributed by atoms with van der Waals surface area (Å²) in [5.41, 5.74) is 9.25. The molecule has 0 bridgehead atoms. The van der Waals surface area contributed by atoms with Gasteiger partial charge in [-0.15, -0.1) is 0 Å². The first-order valence-electron chi connectivity index (χ1n) is 16.9. The number of anilines is 3. The third-order valence-corrected chi connectivity index (χ3v) is 9.64. The minimum atomic E-state index is 1.05. The van der Waals surface area contributed by atoms with E-state index >= 15 is 0 Å². The lowest BCUT2D eigenvalue weighted by atomic mass is 10.0. The zero-order chi connectivity index (χ0) is 33.3. The Morgan fingerprint density at radius 3 is 1.71 bits per heavy atom. The van der Waals surface area contributed by atoms with Gasteiger partial charge in [-0.2, -0.15) is 0 Å². The number of para-hydroxylation sites is 2. The summed E-state index contributed by atoms with van der Waals surface area (Å²) in [7, 11) is 0. The summed E-state index contributed by atoms with van der Waals surface area (Å²) >= 11 is 3.84. The van der Waals surface area contributed by atoms with Crippen molar-refractivity contribution in [2.24, 2.45) is 0 Å². The SMILES string of the molecule is Brc1cc(-c2ccc(N(c3ccc4ccccc4c3)c3cccc4ccccc34)cc2)cc(-n2c3ccccc3c3ccccc32)c1.CC. The van der Waals surface area contributed by atoms with E-state index in [1.54, 1.807) is 0 Å². The van der Waals surface area contributed by atoms with Crippen molar-refractivity contribution in [2.75, 3.05) is 4.90 Å². The van der Waals surface area contributed by atoms with Gasteiger partial charge in [0.15, 0.2) is 0 Å². The Hall–Kier alpha value is -5.64. The van der Waals surface area contributed by atoms with Gasteiger partial charge in [0.25, 0.3) is 0 Å². The van der Waals surface area contributed by atoms with Gasteiger partial charge in [0.2, 0.25) is 0 Å². The summed E-state index contributed by atoms with van der Waals surface area (Å²) < 4.78 is 3.42. The number of hydrogen-bond acceptors (Lipinski definition) is 1. The van der Waals surface area contributed by atoms with Gasteiger partial charge in [-0.3, -0.25) is 0 Å². The fourth-order valence-electron chi connectivity index (χ4n) is 7.02. The van der Waals surface area contributed by atoms with Gasteiger partial charge in [0.1, 0.15) is 0 Å². The monoisotopic (exact) mass is 694 g/mol. The molecule has 8 aromatic carbocycles. The predicted octanol–water partition coefficient (Wildman–Crippen LogP) is 14.0. The maximum Gasteiger partial charge on any atom is 0.0541 e. The Labute approximate surface area is 295 Å². The van der Waals surface area contributed by atoms with Gasteiger partial charge in [-0.05, 0) is 87.9 Å². The molecular weight excluding hydrogens is 660 g/mol. The van der Waals surface area contributed by atoms with Crippen molar-refractivity contribution in [3.05, 3.63) is 180 Å². The van der Waals surface area contributed by atoms with E-state index in [1.165, 1.54) is 43.4 Å². The molecule has 49 heavy (non-hydrogen) atoms. The number of halogens is 1. The molecule has 0 unspecified atom stereocenters. The number of fused-ring (bicyclic) bond motifs is 5. The number of aromatic nitrogens is 1. The highest BCUT2D eigenvalue weighted by atomic mass is 79.9. The van der Waals surface area contributed by atoms with E-state index in [4.69, 9.17) is 0 Å². The molecular formula is C46H35BrN2. The molecule has 236 valence electrons. The molecule has 0 saturated carbocycles. The highest BCUT2D eigenvalue weighted by Gasteiger charge is 2.17. The molecule has 0 aliphatic carbocycles. The van der Waals surface area contributed by atoms with E-state index in [1.807, 2.05) is 13.8 Å². The van der Waals surface area contributed by atoms with Gasteiger partial charge in [0.05, 0.1) is 16.7 Å². The minimum absolute atomic E-state index is 1.05. The number of hydrogen-bond donors (Lipinski definition) is 0. The van der Waals surface area contributed by atoms with E-state index in [9.17, 15) is 0 Å². The summed E-state index contributed by atoms with van der Waals surface area (Å²) in [5.74, 6) is 0. The summed E-state index contributed by atoms with van der Waals surface area (Å²) in [4.78, 5) is 2.38. The third-order valence-electron chi connectivity index (χ3n) is 9.18. The maximum atomic E-state index is 3.84. The Morgan fingerprint density at radius 1 is 0.429 bits per heavy atom. The Balaban J connectivity index is 0.00000171. The molecule has 0 N–H and O–H groups in total. The van der Waals surface area contributed by atoms with Crippen LogP contribution in [0.15, 0.2) is 180 Å². The van der Waals surface area contributed by atoms with Crippen LogP contribution < -0.4 is 4.90 Å². The molecule has 0 saturated heterocycles. The van der Waals surface area contributed by atoms with Crippen molar-refractivity contribution in [2.45, 2.75) is 13.8 Å². The van der Waals surface area contributed by atoms with Crippen LogP contribution in [0.4, 0.5) is 17.1 Å². The van der Waals surface area contributed by atoms with Crippen molar-refractivity contribution < 1.29 is 0 Å². The van der Waals surface area contributed by atoms with Crippen LogP contribution in [0.2, 0.25) is 0 Å². The molecule has 9 aromatic rings. The molecule has 2 nitrogen and oxygen atoms in total. The van der Waals surface area contributed by atoms with Crippen LogP contribution in [0.1, 0.15) is 13.8 Å². The lowest BCUT2D eigenvalue weighted by Gasteiger charge is -2.27. The van der Waals surface area contributed by atoms with Gasteiger partial charge >= 0.3 is 0 Å². The molecule has 3 heteroatoms. The Kier molecular flexibility index (Phi) is 8.20. The second-order valence-corrected chi connectivity index (χ2v) is 12.9. The molecule has 0 aliphatic rings. The average molecular weight is 696 g/mol. The fourth-order valence-corrected chi connectivity index (χ4v) is 7.50. The van der Waals surface area contributed by atoms with Gasteiger partial charge in [-0.1, -0.05) is 145 Å². The topological polar surface area (TPSA) is 8.17 Å². The van der Waals surface area contributed by atoms with Crippen molar-refractivity contribution in [1.29, 1.82) is 0 Å². The zero-order valence-electron chi connectivity index (χ0n) is 27.5. The van der Waals surface area contributed by atoms with E-state index in [-0.39, 0.29) is 0 Å². The Morgan fingerprint density at radius 2 is 1.00 bits per heavy atom. The lowest BCUT2D eigenvalue weighted by Crippen LogP contribution is -2.10. The van der Waals surface area contributed by atoms with E-state index in [2.05, 4.69) is 201 Å². The second kappa shape index (κ2) is 13.1. The maximum absolute atomic E-state index is 3.84. The summed E-state index contributed by atoms with van der Waals surface area (Å²) in [5, 5.41) is 7.42. The first-order valence-corrected chi connectivity index (χ1v) is 17.7. The van der Waals surface area contributed by atoms with Gasteiger partial charge < -0.3 is 9.47 Å². The second-order valence-electron chi connectivity index (χ2n) is 12.0. The predicted molar refractivity (Wildman–Crippen MR) is 215 cm³/mol. The average Bonchev–Trinajstić information content (AvgIpc) is 3.50. The molecule has 1 aromatic heterocycles. The lowest BCUT2D eigenvalue weighted by molar-refractivity contribution is 1.18. The van der Waals surface area contributed by atoms with Crippen LogP contribution in [0.5, 0.6) is 0 Å². The first kappa shape index (κ1) is 30.7. The number of benzene rings is 8. The molecule has 0 atom stereocenters. The summed E-state index contributed by atoms with van der Waals surface area (Å²) in [6.07, 6.45) is 0. The fraction of sp³-hybridized carbons (Fsp3) is 0.0435. The standard InChI is InChI=1S/C44H29BrN2.C2H6/c45-35-26-34(28-38(29-35)47-43-17-7-5-15-40(43)41-16-6-8-18-44(41)47)31-20-23-36(24-21-31)46(37-25-22-30-10-1-2-12-33(30)27-37)42-19-9-13-32-11-3-4-14-39(32)42;1-2/h1-29H;1-2H3. The van der Waals surface area contributed by atoms with Crippen LogP contribution in [-0.2, 0) is 0 Å². The van der Waals surface area contributed by atoms with E-state index < -0.39 is 0 Å². The van der Waals surface area contributed by atoms with Crippen molar-refractivity contribution in [3.63, 3.8) is 0 Å². The van der Waals surface area contributed by atoms with Crippen LogP contribution in [0.25, 0.3) is 60.2 Å². The molecule has 0 amide bonds. The quantitative estimate of drug-likeness (QED) is 0.174. The molecule has 1 heterocycles. The van der Waals surface area contributed by atoms with E-state index in [0.717, 1.165) is 38.3 Å². The zero-order valence-corrected chi connectivity index (χ0v) is 29.1. The molecule has 0 aliphatic heterocycles. The van der Waals surface area contributed by atoms with Crippen molar-refractivity contribution >= 4 is 76.3 Å². The van der Waals surface area contributed by atoms with Gasteiger partial charge in [-0.25, -0.2) is 0 Å². The van der Waals surface area contributed by atoms with Crippen molar-refractivity contribution in [3.8, 4) is 16.8 Å². The van der Waals surface area contributed by atoms with Crippen LogP contribution >= 0.6 is 15.9 Å². The molecule has 0 radical (unpaired) electrons. The molecule has 9 rings (SSSR count). The van der Waals surface area contributed by atoms with Crippen LogP contribution in [0.3, 0.4) is 0 Å². The molecule has 0 spiro atoms. The van der Waals surface area contributed by atoms with E-state index in [0.29, 0.717) is 0 Å². The third kappa shape index (κ3) is 5.56. The summed E-state index contributed by atoms with van der Waals surface area (Å²) in [6, 6.07) is 63.5. The highest BCUT2D eigenvalue weighted by molar-refractivity contribution is 9.10. The van der Waals surface area contributed by atoms with Crippen molar-refractivity contribution in [1.82, 2.24) is 4.57 Å². The minimum Gasteiger partial charge on any atom is -0.310 e. The smallest absolute Gasteiger partial charge is 0.0541 e. The Bertz CT molecular complexity index is 2540.